The Morgan fingerprint density at radius 3 is 1.82 bits per heavy atom. The van der Waals surface area contributed by atoms with Crippen molar-refractivity contribution in [2.75, 3.05) is 7.05 Å². The normalized spacial score (nSPS) is 22.5. The molecule has 0 unspecified atom stereocenters. The van der Waals surface area contributed by atoms with Gasteiger partial charge >= 0.3 is 0 Å². The van der Waals surface area contributed by atoms with E-state index >= 15 is 0 Å². The van der Waals surface area contributed by atoms with Crippen LogP contribution < -0.4 is 0 Å². The lowest BCUT2D eigenvalue weighted by Crippen LogP contribution is -2.27. The molecule has 0 N–H and O–H groups in total. The number of rotatable bonds is 1. The Balaban J connectivity index is 2.46. The van der Waals surface area contributed by atoms with Crippen molar-refractivity contribution in [2.45, 2.75) is 20.8 Å². The smallest absolute Gasteiger partial charge is 0.261 e. The fourth-order valence-corrected chi connectivity index (χ4v) is 1.97. The monoisotopic (exact) mass is 231 g/mol. The van der Waals surface area contributed by atoms with Gasteiger partial charge < -0.3 is 0 Å². The average Bonchev–Trinajstić information content (AvgIpc) is 2.45. The van der Waals surface area contributed by atoms with E-state index in [0.29, 0.717) is 17.1 Å². The number of imide groups is 1. The van der Waals surface area contributed by atoms with Crippen molar-refractivity contribution in [3.05, 3.63) is 35.5 Å². The molecule has 0 bridgehead atoms. The molecule has 17 heavy (non-hydrogen) atoms. The van der Waals surface area contributed by atoms with Crippen LogP contribution in [0.1, 0.15) is 20.8 Å². The molecule has 0 saturated heterocycles. The SMILES string of the molecule is CC(C)C1(C)C=CC2=C(C=C1)C(=O)N(C)C2=O. The van der Waals surface area contributed by atoms with Gasteiger partial charge in [0.1, 0.15) is 0 Å². The van der Waals surface area contributed by atoms with E-state index in [1.54, 1.807) is 12.2 Å². The molecule has 3 nitrogen and oxygen atoms in total. The summed E-state index contributed by atoms with van der Waals surface area (Å²) in [4.78, 5) is 24.9. The van der Waals surface area contributed by atoms with Gasteiger partial charge in [-0.15, -0.1) is 0 Å². The molecule has 0 aromatic carbocycles. The standard InChI is InChI=1S/C14H17NO2/c1-9(2)14(3)7-5-10-11(6-8-14)13(17)15(4)12(10)16/h5-9H,1-4H3. The first-order chi connectivity index (χ1) is 7.87. The number of carbonyl (C=O) groups is 2. The van der Waals surface area contributed by atoms with E-state index in [2.05, 4.69) is 20.8 Å². The highest BCUT2D eigenvalue weighted by atomic mass is 16.2. The summed E-state index contributed by atoms with van der Waals surface area (Å²) < 4.78 is 0. The average molecular weight is 231 g/mol. The molecular weight excluding hydrogens is 214 g/mol. The van der Waals surface area contributed by atoms with Gasteiger partial charge in [0.15, 0.2) is 0 Å². The molecule has 2 rings (SSSR count). The molecule has 0 saturated carbocycles. The van der Waals surface area contributed by atoms with Gasteiger partial charge in [-0.25, -0.2) is 0 Å². The maximum Gasteiger partial charge on any atom is 0.261 e. The van der Waals surface area contributed by atoms with E-state index in [4.69, 9.17) is 0 Å². The van der Waals surface area contributed by atoms with Gasteiger partial charge in [-0.1, -0.05) is 45.1 Å². The summed E-state index contributed by atoms with van der Waals surface area (Å²) >= 11 is 0. The minimum Gasteiger partial charge on any atom is -0.277 e. The van der Waals surface area contributed by atoms with Gasteiger partial charge in [-0.2, -0.15) is 0 Å². The van der Waals surface area contributed by atoms with E-state index in [-0.39, 0.29) is 17.2 Å². The van der Waals surface area contributed by atoms with E-state index in [1.165, 1.54) is 7.05 Å². The third-order valence-electron chi connectivity index (χ3n) is 3.82. The predicted octanol–water partition coefficient (Wildman–Crippen LogP) is 2.07. The molecule has 0 aromatic rings. The van der Waals surface area contributed by atoms with Crippen LogP contribution >= 0.6 is 0 Å². The number of amides is 2. The van der Waals surface area contributed by atoms with Gasteiger partial charge in [0.2, 0.25) is 0 Å². The molecular formula is C14H17NO2. The van der Waals surface area contributed by atoms with E-state index in [9.17, 15) is 9.59 Å². The third-order valence-corrected chi connectivity index (χ3v) is 3.82. The Labute approximate surface area is 101 Å². The second kappa shape index (κ2) is 3.69. The van der Waals surface area contributed by atoms with Crippen LogP contribution in [0.25, 0.3) is 0 Å². The molecule has 2 amide bonds. The summed E-state index contributed by atoms with van der Waals surface area (Å²) in [7, 11) is 1.52. The Morgan fingerprint density at radius 2 is 1.47 bits per heavy atom. The third kappa shape index (κ3) is 1.66. The molecule has 0 fully saturated rings. The van der Waals surface area contributed by atoms with Crippen LogP contribution in [-0.2, 0) is 9.59 Å². The van der Waals surface area contributed by atoms with Crippen LogP contribution in [0.3, 0.4) is 0 Å². The molecule has 0 spiro atoms. The summed E-state index contributed by atoms with van der Waals surface area (Å²) in [5.74, 6) is -0.00391. The zero-order valence-corrected chi connectivity index (χ0v) is 10.7. The Morgan fingerprint density at radius 1 is 1.06 bits per heavy atom. The number of hydrogen-bond acceptors (Lipinski definition) is 2. The molecule has 0 radical (unpaired) electrons. The highest BCUT2D eigenvalue weighted by Gasteiger charge is 2.35. The molecule has 2 aliphatic rings. The zero-order valence-electron chi connectivity index (χ0n) is 10.7. The summed E-state index contributed by atoms with van der Waals surface area (Å²) in [6.45, 7) is 6.35. The zero-order chi connectivity index (χ0) is 12.8. The van der Waals surface area contributed by atoms with E-state index in [0.717, 1.165) is 4.90 Å². The van der Waals surface area contributed by atoms with Crippen LogP contribution in [-0.4, -0.2) is 23.8 Å². The van der Waals surface area contributed by atoms with Gasteiger partial charge in [0, 0.05) is 12.5 Å². The van der Waals surface area contributed by atoms with Crippen LogP contribution in [0.5, 0.6) is 0 Å². The van der Waals surface area contributed by atoms with Crippen molar-refractivity contribution >= 4 is 11.8 Å². The van der Waals surface area contributed by atoms with Crippen molar-refractivity contribution in [3.8, 4) is 0 Å². The lowest BCUT2D eigenvalue weighted by atomic mass is 9.78. The quantitative estimate of drug-likeness (QED) is 0.648. The fraction of sp³-hybridized carbons (Fsp3) is 0.429. The number of nitrogens with zero attached hydrogens (tertiary/aromatic N) is 1. The first kappa shape index (κ1) is 11.8. The maximum atomic E-state index is 11.8. The van der Waals surface area contributed by atoms with Crippen molar-refractivity contribution in [1.29, 1.82) is 0 Å². The molecule has 90 valence electrons. The molecule has 0 aromatic heterocycles. The van der Waals surface area contributed by atoms with Gasteiger partial charge in [0.25, 0.3) is 11.8 Å². The van der Waals surface area contributed by atoms with E-state index < -0.39 is 0 Å². The molecule has 1 aliphatic heterocycles. The number of allylic oxidation sites excluding steroid dienone is 2. The van der Waals surface area contributed by atoms with Crippen molar-refractivity contribution in [2.24, 2.45) is 11.3 Å². The van der Waals surface area contributed by atoms with Crippen LogP contribution in [0.2, 0.25) is 0 Å². The lowest BCUT2D eigenvalue weighted by molar-refractivity contribution is -0.135. The number of likely N-dealkylation sites (N-methyl/N-ethyl adjacent to an activating group) is 1. The fourth-order valence-electron chi connectivity index (χ4n) is 1.97. The predicted molar refractivity (Wildman–Crippen MR) is 66.0 cm³/mol. The van der Waals surface area contributed by atoms with Crippen LogP contribution in [0.15, 0.2) is 35.5 Å². The number of hydrogen-bond donors (Lipinski definition) is 0. The minimum atomic E-state index is -0.209. The highest BCUT2D eigenvalue weighted by Crippen LogP contribution is 2.35. The summed E-state index contributed by atoms with van der Waals surface area (Å²) in [6.07, 6.45) is 7.61. The Hall–Kier alpha value is -1.64. The van der Waals surface area contributed by atoms with Crippen LogP contribution in [0, 0.1) is 11.3 Å². The molecule has 1 heterocycles. The maximum absolute atomic E-state index is 11.8. The highest BCUT2D eigenvalue weighted by molar-refractivity contribution is 6.21. The second-order valence-corrected chi connectivity index (χ2v) is 5.18. The van der Waals surface area contributed by atoms with Gasteiger partial charge in [0.05, 0.1) is 11.1 Å². The first-order valence-corrected chi connectivity index (χ1v) is 5.82. The topological polar surface area (TPSA) is 37.4 Å². The largest absolute Gasteiger partial charge is 0.277 e. The van der Waals surface area contributed by atoms with Crippen molar-refractivity contribution < 1.29 is 9.59 Å². The summed E-state index contributed by atoms with van der Waals surface area (Å²) in [5, 5.41) is 0. The summed E-state index contributed by atoms with van der Waals surface area (Å²) in [5.41, 5.74) is 0.917. The molecule has 0 atom stereocenters. The van der Waals surface area contributed by atoms with Crippen molar-refractivity contribution in [1.82, 2.24) is 4.90 Å². The van der Waals surface area contributed by atoms with Gasteiger partial charge in [-0.3, -0.25) is 14.5 Å². The van der Waals surface area contributed by atoms with Gasteiger partial charge in [-0.05, 0) is 5.92 Å². The molecule has 3 heteroatoms. The Kier molecular flexibility index (Phi) is 2.57. The Bertz CT molecular complexity index is 444. The van der Waals surface area contributed by atoms with Crippen molar-refractivity contribution in [3.63, 3.8) is 0 Å². The first-order valence-electron chi connectivity index (χ1n) is 5.82. The lowest BCUT2D eigenvalue weighted by Gasteiger charge is -2.26. The molecule has 1 aliphatic carbocycles. The van der Waals surface area contributed by atoms with E-state index in [1.807, 2.05) is 12.2 Å². The number of carbonyl (C=O) groups excluding carboxylic acids is 2. The minimum absolute atomic E-state index is 0.108. The second-order valence-electron chi connectivity index (χ2n) is 5.18. The summed E-state index contributed by atoms with van der Waals surface area (Å²) in [6, 6.07) is 0. The van der Waals surface area contributed by atoms with Crippen LogP contribution in [0.4, 0.5) is 0 Å².